The van der Waals surface area contributed by atoms with Gasteiger partial charge in [-0.25, -0.2) is 4.79 Å². The maximum absolute atomic E-state index is 11.1. The molecule has 0 spiro atoms. The first-order valence-electron chi connectivity index (χ1n) is 6.83. The van der Waals surface area contributed by atoms with Crippen LogP contribution >= 0.6 is 15.9 Å². The Bertz CT molecular complexity index is 600. The van der Waals surface area contributed by atoms with E-state index in [4.69, 9.17) is 0 Å². The summed E-state index contributed by atoms with van der Waals surface area (Å²) in [5.41, 5.74) is 2.65. The highest BCUT2D eigenvalue weighted by atomic mass is 79.9. The van der Waals surface area contributed by atoms with Crippen LogP contribution in [0.25, 0.3) is 0 Å². The fourth-order valence-electron chi connectivity index (χ4n) is 2.62. The standard InChI is InChI=1S/C17H18BrNO2/c1-13(18)12-19-11-10-14-6-3-4-7-15(14)16(19)8-5-9-17(20)21-2/h3-4,6-7,16H,1,8,10-12H2,2H3. The molecule has 1 atom stereocenters. The van der Waals surface area contributed by atoms with Crippen molar-refractivity contribution in [2.75, 3.05) is 20.2 Å². The van der Waals surface area contributed by atoms with Gasteiger partial charge in [0.1, 0.15) is 0 Å². The second kappa shape index (κ2) is 7.44. The summed E-state index contributed by atoms with van der Waals surface area (Å²) in [6.07, 6.45) is 1.63. The number of rotatable bonds is 3. The summed E-state index contributed by atoms with van der Waals surface area (Å²) in [6, 6.07) is 8.60. The van der Waals surface area contributed by atoms with Crippen LogP contribution in [0.5, 0.6) is 0 Å². The van der Waals surface area contributed by atoms with Gasteiger partial charge in [-0.15, -0.1) is 0 Å². The molecule has 110 valence electrons. The number of carbonyl (C=O) groups is 1. The van der Waals surface area contributed by atoms with E-state index in [0.29, 0.717) is 6.42 Å². The SMILES string of the molecule is C=C(Br)CN1CCc2ccccc2C1CC#CC(=O)OC. The molecule has 1 aliphatic rings. The molecule has 1 aliphatic heterocycles. The second-order valence-electron chi connectivity index (χ2n) is 4.95. The van der Waals surface area contributed by atoms with Crippen molar-refractivity contribution in [3.8, 4) is 11.8 Å². The number of nitrogens with zero attached hydrogens (tertiary/aromatic N) is 1. The fraction of sp³-hybridized carbons (Fsp3) is 0.353. The first-order chi connectivity index (χ1) is 10.1. The normalized spacial score (nSPS) is 17.3. The van der Waals surface area contributed by atoms with Crippen LogP contribution in [0.15, 0.2) is 35.3 Å². The number of carbonyl (C=O) groups excluding carboxylic acids is 1. The van der Waals surface area contributed by atoms with Crippen molar-refractivity contribution in [3.05, 3.63) is 46.5 Å². The Morgan fingerprint density at radius 2 is 2.29 bits per heavy atom. The lowest BCUT2D eigenvalue weighted by molar-refractivity contribution is -0.133. The Kier molecular flexibility index (Phi) is 5.60. The number of esters is 1. The smallest absolute Gasteiger partial charge is 0.384 e. The topological polar surface area (TPSA) is 29.5 Å². The Morgan fingerprint density at radius 3 is 3.00 bits per heavy atom. The van der Waals surface area contributed by atoms with Crippen LogP contribution in [0.4, 0.5) is 0 Å². The van der Waals surface area contributed by atoms with Crippen LogP contribution < -0.4 is 0 Å². The highest BCUT2D eigenvalue weighted by Crippen LogP contribution is 2.32. The molecule has 1 aromatic carbocycles. The molecule has 1 heterocycles. The molecule has 0 fully saturated rings. The maximum atomic E-state index is 11.1. The average molecular weight is 348 g/mol. The summed E-state index contributed by atoms with van der Waals surface area (Å²) in [4.78, 5) is 13.5. The quantitative estimate of drug-likeness (QED) is 0.478. The molecule has 2 rings (SSSR count). The molecule has 4 heteroatoms. The lowest BCUT2D eigenvalue weighted by atomic mass is 9.91. The van der Waals surface area contributed by atoms with Gasteiger partial charge in [-0.3, -0.25) is 4.90 Å². The second-order valence-corrected chi connectivity index (χ2v) is 6.07. The third-order valence-corrected chi connectivity index (χ3v) is 3.82. The molecule has 0 amide bonds. The molecule has 0 saturated carbocycles. The van der Waals surface area contributed by atoms with Crippen LogP contribution in [0.3, 0.4) is 0 Å². The van der Waals surface area contributed by atoms with Crippen molar-refractivity contribution in [2.24, 2.45) is 0 Å². The predicted octanol–water partition coefficient (Wildman–Crippen LogP) is 3.06. The van der Waals surface area contributed by atoms with Gasteiger partial charge in [0.25, 0.3) is 0 Å². The van der Waals surface area contributed by atoms with Crippen LogP contribution in [-0.2, 0) is 16.0 Å². The monoisotopic (exact) mass is 347 g/mol. The summed E-state index contributed by atoms with van der Waals surface area (Å²) >= 11 is 3.43. The number of halogens is 1. The summed E-state index contributed by atoms with van der Waals surface area (Å²) in [6.45, 7) is 5.67. The molecule has 21 heavy (non-hydrogen) atoms. The molecule has 0 aliphatic carbocycles. The van der Waals surface area contributed by atoms with Crippen LogP contribution in [0.1, 0.15) is 23.6 Å². The summed E-state index contributed by atoms with van der Waals surface area (Å²) in [5, 5.41) is 0. The summed E-state index contributed by atoms with van der Waals surface area (Å²) in [7, 11) is 1.34. The van der Waals surface area contributed by atoms with Crippen molar-refractivity contribution in [2.45, 2.75) is 18.9 Å². The predicted molar refractivity (Wildman–Crippen MR) is 86.9 cm³/mol. The Morgan fingerprint density at radius 1 is 1.52 bits per heavy atom. The van der Waals surface area contributed by atoms with E-state index >= 15 is 0 Å². The van der Waals surface area contributed by atoms with Crippen molar-refractivity contribution in [3.63, 3.8) is 0 Å². The first kappa shape index (κ1) is 15.8. The van der Waals surface area contributed by atoms with Crippen LogP contribution in [-0.4, -0.2) is 31.1 Å². The third kappa shape index (κ3) is 4.20. The summed E-state index contributed by atoms with van der Waals surface area (Å²) in [5.74, 6) is 4.96. The van der Waals surface area contributed by atoms with E-state index in [1.807, 2.05) is 6.07 Å². The van der Waals surface area contributed by atoms with Crippen molar-refractivity contribution in [1.82, 2.24) is 4.90 Å². The minimum Gasteiger partial charge on any atom is -0.459 e. The van der Waals surface area contributed by atoms with Gasteiger partial charge in [-0.2, -0.15) is 0 Å². The fourth-order valence-corrected chi connectivity index (χ4v) is 2.95. The number of hydrogen-bond acceptors (Lipinski definition) is 3. The largest absolute Gasteiger partial charge is 0.459 e. The zero-order valence-electron chi connectivity index (χ0n) is 12.1. The molecule has 0 radical (unpaired) electrons. The van der Waals surface area contributed by atoms with Crippen LogP contribution in [0.2, 0.25) is 0 Å². The van der Waals surface area contributed by atoms with E-state index in [2.05, 4.69) is 62.2 Å². The molecule has 0 N–H and O–H groups in total. The van der Waals surface area contributed by atoms with Crippen molar-refractivity contribution >= 4 is 21.9 Å². The zero-order valence-corrected chi connectivity index (χ0v) is 13.6. The minimum atomic E-state index is -0.490. The van der Waals surface area contributed by atoms with E-state index in [1.165, 1.54) is 18.2 Å². The maximum Gasteiger partial charge on any atom is 0.384 e. The molecular formula is C17H18BrNO2. The Balaban J connectivity index is 2.22. The number of fused-ring (bicyclic) bond motifs is 1. The van der Waals surface area contributed by atoms with Gasteiger partial charge in [0, 0.05) is 36.0 Å². The highest BCUT2D eigenvalue weighted by Gasteiger charge is 2.26. The van der Waals surface area contributed by atoms with Gasteiger partial charge in [0.15, 0.2) is 0 Å². The molecule has 3 nitrogen and oxygen atoms in total. The Labute approximate surface area is 134 Å². The molecule has 0 aromatic heterocycles. The van der Waals surface area contributed by atoms with E-state index in [9.17, 15) is 4.79 Å². The summed E-state index contributed by atoms with van der Waals surface area (Å²) < 4.78 is 5.50. The zero-order chi connectivity index (χ0) is 15.2. The molecule has 0 bridgehead atoms. The number of benzene rings is 1. The molecule has 0 saturated heterocycles. The van der Waals surface area contributed by atoms with Gasteiger partial charge >= 0.3 is 5.97 Å². The molecule has 1 aromatic rings. The van der Waals surface area contributed by atoms with Gasteiger partial charge in [0.05, 0.1) is 7.11 Å². The van der Waals surface area contributed by atoms with Gasteiger partial charge in [0.2, 0.25) is 0 Å². The average Bonchev–Trinajstić information content (AvgIpc) is 2.48. The van der Waals surface area contributed by atoms with Crippen molar-refractivity contribution in [1.29, 1.82) is 0 Å². The van der Waals surface area contributed by atoms with Crippen LogP contribution in [0, 0.1) is 11.8 Å². The number of ether oxygens (including phenoxy) is 1. The Hall–Kier alpha value is -1.57. The molecule has 1 unspecified atom stereocenters. The van der Waals surface area contributed by atoms with E-state index in [-0.39, 0.29) is 6.04 Å². The van der Waals surface area contributed by atoms with E-state index in [1.54, 1.807) is 0 Å². The van der Waals surface area contributed by atoms with E-state index in [0.717, 1.165) is 24.0 Å². The number of methoxy groups -OCH3 is 1. The van der Waals surface area contributed by atoms with Gasteiger partial charge in [-0.05, 0) is 17.5 Å². The first-order valence-corrected chi connectivity index (χ1v) is 7.63. The third-order valence-electron chi connectivity index (χ3n) is 3.57. The lowest BCUT2D eigenvalue weighted by Crippen LogP contribution is -2.36. The highest BCUT2D eigenvalue weighted by molar-refractivity contribution is 9.11. The minimum absolute atomic E-state index is 0.182. The van der Waals surface area contributed by atoms with Crippen molar-refractivity contribution < 1.29 is 9.53 Å². The van der Waals surface area contributed by atoms with Gasteiger partial charge < -0.3 is 4.74 Å². The lowest BCUT2D eigenvalue weighted by Gasteiger charge is -2.36. The van der Waals surface area contributed by atoms with E-state index < -0.39 is 5.97 Å². The number of hydrogen-bond donors (Lipinski definition) is 0. The molecular weight excluding hydrogens is 330 g/mol. The van der Waals surface area contributed by atoms with Gasteiger partial charge in [-0.1, -0.05) is 52.7 Å².